The average molecular weight is 217 g/mol. The molecule has 0 N–H and O–H groups in total. The first-order valence-corrected chi connectivity index (χ1v) is 5.63. The fraction of sp³-hybridized carbons (Fsp3) is 0.800. The van der Waals surface area contributed by atoms with E-state index in [-0.39, 0.29) is 0 Å². The summed E-state index contributed by atoms with van der Waals surface area (Å²) in [5, 5.41) is 3.91. The second-order valence-electron chi connectivity index (χ2n) is 3.83. The van der Waals surface area contributed by atoms with Crippen LogP contribution in [0.1, 0.15) is 38.4 Å². The highest BCUT2D eigenvalue weighted by Gasteiger charge is 2.06. The van der Waals surface area contributed by atoms with Crippen molar-refractivity contribution in [2.75, 3.05) is 5.88 Å². The Kier molecular flexibility index (Phi) is 4.94. The second kappa shape index (κ2) is 6.02. The van der Waals surface area contributed by atoms with E-state index in [4.69, 9.17) is 16.1 Å². The first kappa shape index (κ1) is 11.5. The van der Waals surface area contributed by atoms with E-state index in [1.165, 1.54) is 0 Å². The summed E-state index contributed by atoms with van der Waals surface area (Å²) in [4.78, 5) is 4.28. The van der Waals surface area contributed by atoms with Gasteiger partial charge in [-0.3, -0.25) is 0 Å². The zero-order valence-electron chi connectivity index (χ0n) is 8.79. The first-order valence-electron chi connectivity index (χ1n) is 5.09. The van der Waals surface area contributed by atoms with E-state index in [9.17, 15) is 0 Å². The summed E-state index contributed by atoms with van der Waals surface area (Å²) in [6.07, 6.45) is 3.70. The molecule has 1 rings (SSSR count). The molecule has 0 saturated heterocycles. The van der Waals surface area contributed by atoms with Crippen LogP contribution in [0.25, 0.3) is 0 Å². The van der Waals surface area contributed by atoms with Gasteiger partial charge in [-0.15, -0.1) is 11.6 Å². The number of halogens is 1. The van der Waals surface area contributed by atoms with Crippen LogP contribution in [-0.2, 0) is 12.8 Å². The molecule has 0 saturated carbocycles. The van der Waals surface area contributed by atoms with Crippen LogP contribution in [0.4, 0.5) is 0 Å². The largest absolute Gasteiger partial charge is 0.339 e. The van der Waals surface area contributed by atoms with Crippen LogP contribution in [0, 0.1) is 5.92 Å². The van der Waals surface area contributed by atoms with Gasteiger partial charge in [-0.25, -0.2) is 0 Å². The van der Waals surface area contributed by atoms with Crippen LogP contribution in [0.2, 0.25) is 0 Å². The molecular weight excluding hydrogens is 200 g/mol. The van der Waals surface area contributed by atoms with Crippen LogP contribution in [-0.4, -0.2) is 16.0 Å². The number of aromatic nitrogens is 2. The highest BCUT2D eigenvalue weighted by molar-refractivity contribution is 6.17. The Labute approximate surface area is 89.8 Å². The molecule has 1 aromatic heterocycles. The molecule has 0 bridgehead atoms. The predicted octanol–water partition coefficient (Wildman–Crippen LogP) is 2.83. The number of nitrogens with zero attached hydrogens (tertiary/aromatic N) is 2. The highest BCUT2D eigenvalue weighted by Crippen LogP contribution is 2.07. The van der Waals surface area contributed by atoms with E-state index in [0.717, 1.165) is 31.5 Å². The summed E-state index contributed by atoms with van der Waals surface area (Å²) in [6, 6.07) is 0. The average Bonchev–Trinajstić information content (AvgIpc) is 2.59. The van der Waals surface area contributed by atoms with E-state index in [2.05, 4.69) is 24.0 Å². The van der Waals surface area contributed by atoms with Crippen LogP contribution >= 0.6 is 11.6 Å². The van der Waals surface area contributed by atoms with Gasteiger partial charge in [0.15, 0.2) is 5.82 Å². The van der Waals surface area contributed by atoms with Crippen LogP contribution < -0.4 is 0 Å². The minimum atomic E-state index is 0.643. The van der Waals surface area contributed by atoms with E-state index < -0.39 is 0 Å². The minimum Gasteiger partial charge on any atom is -0.339 e. The molecule has 0 radical (unpaired) electrons. The molecule has 0 aliphatic rings. The number of alkyl halides is 1. The lowest BCUT2D eigenvalue weighted by molar-refractivity contribution is 0.371. The third kappa shape index (κ3) is 4.09. The van der Waals surface area contributed by atoms with Gasteiger partial charge in [0, 0.05) is 18.7 Å². The van der Waals surface area contributed by atoms with Crippen LogP contribution in [0.5, 0.6) is 0 Å². The molecule has 0 spiro atoms. The molecule has 14 heavy (non-hydrogen) atoms. The summed E-state index contributed by atoms with van der Waals surface area (Å²) >= 11 is 5.57. The zero-order valence-corrected chi connectivity index (χ0v) is 9.55. The van der Waals surface area contributed by atoms with Gasteiger partial charge in [0.25, 0.3) is 0 Å². The van der Waals surface area contributed by atoms with E-state index in [1.54, 1.807) is 0 Å². The number of aryl methyl sites for hydroxylation is 2. The molecule has 3 nitrogen and oxygen atoms in total. The maximum absolute atomic E-state index is 5.57. The van der Waals surface area contributed by atoms with E-state index in [1.807, 2.05) is 0 Å². The van der Waals surface area contributed by atoms with Crippen molar-refractivity contribution in [3.05, 3.63) is 11.7 Å². The molecule has 0 aliphatic heterocycles. The molecule has 1 heterocycles. The Morgan fingerprint density at radius 3 is 2.79 bits per heavy atom. The van der Waals surface area contributed by atoms with Crippen LogP contribution in [0.15, 0.2) is 4.52 Å². The molecule has 0 amide bonds. The molecule has 0 aliphatic carbocycles. The van der Waals surface area contributed by atoms with Crippen molar-refractivity contribution in [3.8, 4) is 0 Å². The Balaban J connectivity index is 2.35. The fourth-order valence-electron chi connectivity index (χ4n) is 1.13. The minimum absolute atomic E-state index is 0.643. The number of hydrogen-bond donors (Lipinski definition) is 0. The summed E-state index contributed by atoms with van der Waals surface area (Å²) in [7, 11) is 0. The molecule has 80 valence electrons. The monoisotopic (exact) mass is 216 g/mol. The van der Waals surface area contributed by atoms with Crippen molar-refractivity contribution in [2.45, 2.75) is 39.5 Å². The van der Waals surface area contributed by atoms with Gasteiger partial charge in [-0.05, 0) is 18.8 Å². The molecule has 0 atom stereocenters. The lowest BCUT2D eigenvalue weighted by Gasteiger charge is -1.98. The second-order valence-corrected chi connectivity index (χ2v) is 4.21. The third-order valence-electron chi connectivity index (χ3n) is 1.98. The lowest BCUT2D eigenvalue weighted by atomic mass is 10.1. The normalized spacial score (nSPS) is 11.1. The molecule has 1 aromatic rings. The van der Waals surface area contributed by atoms with E-state index >= 15 is 0 Å². The van der Waals surface area contributed by atoms with Gasteiger partial charge in [0.2, 0.25) is 5.89 Å². The van der Waals surface area contributed by atoms with Crippen molar-refractivity contribution in [1.29, 1.82) is 0 Å². The summed E-state index contributed by atoms with van der Waals surface area (Å²) in [5.74, 6) is 2.86. The maximum Gasteiger partial charge on any atom is 0.226 e. The molecular formula is C10H17ClN2O. The lowest BCUT2D eigenvalue weighted by Crippen LogP contribution is -1.94. The van der Waals surface area contributed by atoms with Gasteiger partial charge in [0.1, 0.15) is 0 Å². The SMILES string of the molecule is CC(C)CCc1noc(CCCCl)n1. The van der Waals surface area contributed by atoms with Crippen LogP contribution in [0.3, 0.4) is 0 Å². The third-order valence-corrected chi connectivity index (χ3v) is 2.25. The zero-order chi connectivity index (χ0) is 10.4. The Bertz CT molecular complexity index is 260. The van der Waals surface area contributed by atoms with Crippen molar-refractivity contribution in [2.24, 2.45) is 5.92 Å². The number of hydrogen-bond acceptors (Lipinski definition) is 3. The standard InChI is InChI=1S/C10H17ClN2O/c1-8(2)5-6-9-12-10(14-13-9)4-3-7-11/h8H,3-7H2,1-2H3. The first-order chi connectivity index (χ1) is 6.72. The summed E-state index contributed by atoms with van der Waals surface area (Å²) < 4.78 is 5.08. The van der Waals surface area contributed by atoms with Gasteiger partial charge >= 0.3 is 0 Å². The molecule has 4 heteroatoms. The Hall–Kier alpha value is -0.570. The quantitative estimate of drug-likeness (QED) is 0.687. The highest BCUT2D eigenvalue weighted by atomic mass is 35.5. The molecule has 0 fully saturated rings. The predicted molar refractivity (Wildman–Crippen MR) is 56.5 cm³/mol. The maximum atomic E-state index is 5.57. The number of rotatable bonds is 6. The topological polar surface area (TPSA) is 38.9 Å². The Morgan fingerprint density at radius 1 is 1.36 bits per heavy atom. The smallest absolute Gasteiger partial charge is 0.226 e. The van der Waals surface area contributed by atoms with E-state index in [0.29, 0.717) is 17.7 Å². The fourth-order valence-corrected chi connectivity index (χ4v) is 1.26. The Morgan fingerprint density at radius 2 is 2.14 bits per heavy atom. The van der Waals surface area contributed by atoms with Gasteiger partial charge < -0.3 is 4.52 Å². The van der Waals surface area contributed by atoms with Crippen molar-refractivity contribution in [3.63, 3.8) is 0 Å². The van der Waals surface area contributed by atoms with Crippen molar-refractivity contribution in [1.82, 2.24) is 10.1 Å². The molecule has 0 unspecified atom stereocenters. The molecule has 0 aromatic carbocycles. The van der Waals surface area contributed by atoms with Crippen molar-refractivity contribution >= 4 is 11.6 Å². The van der Waals surface area contributed by atoms with Crippen molar-refractivity contribution < 1.29 is 4.52 Å². The van der Waals surface area contributed by atoms with Gasteiger partial charge in [-0.1, -0.05) is 19.0 Å². The summed E-state index contributed by atoms with van der Waals surface area (Å²) in [5.41, 5.74) is 0. The van der Waals surface area contributed by atoms with Gasteiger partial charge in [0.05, 0.1) is 0 Å². The van der Waals surface area contributed by atoms with Gasteiger partial charge in [-0.2, -0.15) is 4.98 Å². The summed E-state index contributed by atoms with van der Waals surface area (Å²) in [6.45, 7) is 4.38.